The lowest BCUT2D eigenvalue weighted by atomic mass is 9.86. The van der Waals surface area contributed by atoms with E-state index in [4.69, 9.17) is 0 Å². The SMILES string of the molecule is CC1CCCN(C(=O)N[C@@H](C(=O)O)C(C)(C)C)C1C. The van der Waals surface area contributed by atoms with Crippen LogP contribution >= 0.6 is 0 Å². The molecule has 5 heteroatoms. The largest absolute Gasteiger partial charge is 0.480 e. The number of amides is 2. The van der Waals surface area contributed by atoms with Crippen molar-refractivity contribution in [2.45, 2.75) is 59.5 Å². The number of carboxylic acid groups (broad SMARTS) is 1. The molecule has 0 saturated carbocycles. The topological polar surface area (TPSA) is 69.6 Å². The summed E-state index contributed by atoms with van der Waals surface area (Å²) in [6, 6.07) is -0.978. The zero-order chi connectivity index (χ0) is 14.8. The summed E-state index contributed by atoms with van der Waals surface area (Å²) in [6.45, 7) is 10.3. The maximum absolute atomic E-state index is 12.3. The van der Waals surface area contributed by atoms with Crippen LogP contribution in [-0.2, 0) is 4.79 Å². The molecule has 2 unspecified atom stereocenters. The average molecular weight is 270 g/mol. The molecule has 2 amide bonds. The van der Waals surface area contributed by atoms with Crippen LogP contribution in [0, 0.1) is 11.3 Å². The van der Waals surface area contributed by atoms with Crippen molar-refractivity contribution in [1.82, 2.24) is 10.2 Å². The molecule has 110 valence electrons. The first-order valence-corrected chi connectivity index (χ1v) is 6.94. The van der Waals surface area contributed by atoms with E-state index in [1.54, 1.807) is 4.90 Å². The fraction of sp³-hybridized carbons (Fsp3) is 0.857. The van der Waals surface area contributed by atoms with Gasteiger partial charge in [-0.05, 0) is 31.1 Å². The van der Waals surface area contributed by atoms with Crippen molar-refractivity contribution >= 4 is 12.0 Å². The Hall–Kier alpha value is -1.26. The Balaban J connectivity index is 2.75. The third kappa shape index (κ3) is 3.85. The van der Waals surface area contributed by atoms with Gasteiger partial charge in [-0.15, -0.1) is 0 Å². The summed E-state index contributed by atoms with van der Waals surface area (Å²) in [5.41, 5.74) is -0.508. The second kappa shape index (κ2) is 5.80. The minimum absolute atomic E-state index is 0.156. The molecular formula is C14H26N2O3. The lowest BCUT2D eigenvalue weighted by Gasteiger charge is -2.39. The van der Waals surface area contributed by atoms with Gasteiger partial charge in [0, 0.05) is 12.6 Å². The molecule has 5 nitrogen and oxygen atoms in total. The minimum atomic E-state index is -0.987. The molecule has 0 radical (unpaired) electrons. The van der Waals surface area contributed by atoms with Crippen molar-refractivity contribution in [2.24, 2.45) is 11.3 Å². The van der Waals surface area contributed by atoms with Gasteiger partial charge in [0.05, 0.1) is 0 Å². The monoisotopic (exact) mass is 270 g/mol. The highest BCUT2D eigenvalue weighted by molar-refractivity contribution is 5.83. The van der Waals surface area contributed by atoms with Gasteiger partial charge in [0.1, 0.15) is 6.04 Å². The van der Waals surface area contributed by atoms with Gasteiger partial charge in [-0.25, -0.2) is 9.59 Å². The van der Waals surface area contributed by atoms with Crippen molar-refractivity contribution in [1.29, 1.82) is 0 Å². The van der Waals surface area contributed by atoms with Crippen LogP contribution in [0.15, 0.2) is 0 Å². The van der Waals surface area contributed by atoms with Crippen LogP contribution in [0.25, 0.3) is 0 Å². The maximum Gasteiger partial charge on any atom is 0.326 e. The molecular weight excluding hydrogens is 244 g/mol. The Bertz CT molecular complexity index is 349. The summed E-state index contributed by atoms with van der Waals surface area (Å²) >= 11 is 0. The Morgan fingerprint density at radius 3 is 2.37 bits per heavy atom. The third-order valence-corrected chi connectivity index (χ3v) is 4.02. The molecule has 1 saturated heterocycles. The lowest BCUT2D eigenvalue weighted by molar-refractivity contribution is -0.142. The van der Waals surface area contributed by atoms with Crippen LogP contribution in [0.3, 0.4) is 0 Å². The van der Waals surface area contributed by atoms with E-state index in [0.29, 0.717) is 12.5 Å². The number of carbonyl (C=O) groups is 2. The van der Waals surface area contributed by atoms with E-state index in [9.17, 15) is 14.7 Å². The van der Waals surface area contributed by atoms with Crippen LogP contribution in [0.4, 0.5) is 4.79 Å². The first-order valence-electron chi connectivity index (χ1n) is 6.94. The van der Waals surface area contributed by atoms with Gasteiger partial charge in [0.2, 0.25) is 0 Å². The summed E-state index contributed by atoms with van der Waals surface area (Å²) in [5, 5.41) is 11.9. The Morgan fingerprint density at radius 2 is 1.89 bits per heavy atom. The van der Waals surface area contributed by atoms with Crippen LogP contribution in [0.5, 0.6) is 0 Å². The van der Waals surface area contributed by atoms with Gasteiger partial charge in [0.25, 0.3) is 0 Å². The van der Waals surface area contributed by atoms with E-state index in [2.05, 4.69) is 12.2 Å². The summed E-state index contributed by atoms with van der Waals surface area (Å²) in [7, 11) is 0. The first kappa shape index (κ1) is 15.8. The van der Waals surface area contributed by atoms with E-state index in [0.717, 1.165) is 12.8 Å². The number of rotatable bonds is 2. The molecule has 1 aliphatic heterocycles. The minimum Gasteiger partial charge on any atom is -0.480 e. The summed E-state index contributed by atoms with van der Waals surface area (Å²) < 4.78 is 0. The van der Waals surface area contributed by atoms with Gasteiger partial charge in [-0.2, -0.15) is 0 Å². The number of nitrogens with zero attached hydrogens (tertiary/aromatic N) is 1. The highest BCUT2D eigenvalue weighted by atomic mass is 16.4. The maximum atomic E-state index is 12.3. The zero-order valence-corrected chi connectivity index (χ0v) is 12.6. The smallest absolute Gasteiger partial charge is 0.326 e. The number of carbonyl (C=O) groups excluding carboxylic acids is 1. The molecule has 0 aromatic carbocycles. The molecule has 2 N–H and O–H groups in total. The lowest BCUT2D eigenvalue weighted by Crippen LogP contribution is -2.57. The molecule has 0 aromatic rings. The molecule has 0 spiro atoms. The highest BCUT2D eigenvalue weighted by Gasteiger charge is 2.36. The Labute approximate surface area is 115 Å². The third-order valence-electron chi connectivity index (χ3n) is 4.02. The van der Waals surface area contributed by atoms with Crippen LogP contribution < -0.4 is 5.32 Å². The fourth-order valence-corrected chi connectivity index (χ4v) is 2.48. The zero-order valence-electron chi connectivity index (χ0n) is 12.6. The van der Waals surface area contributed by atoms with E-state index in [1.807, 2.05) is 27.7 Å². The van der Waals surface area contributed by atoms with Gasteiger partial charge in [-0.1, -0.05) is 27.7 Å². The number of likely N-dealkylation sites (tertiary alicyclic amines) is 1. The second-order valence-corrected chi connectivity index (χ2v) is 6.64. The Kier molecular flexibility index (Phi) is 4.82. The van der Waals surface area contributed by atoms with E-state index < -0.39 is 17.4 Å². The first-order chi connectivity index (χ1) is 8.64. The molecule has 0 bridgehead atoms. The van der Waals surface area contributed by atoms with E-state index in [1.165, 1.54) is 0 Å². The van der Waals surface area contributed by atoms with Crippen LogP contribution in [0.2, 0.25) is 0 Å². The molecule has 1 fully saturated rings. The van der Waals surface area contributed by atoms with Crippen LogP contribution in [-0.4, -0.2) is 40.6 Å². The predicted molar refractivity (Wildman–Crippen MR) is 74.0 cm³/mol. The fourth-order valence-electron chi connectivity index (χ4n) is 2.48. The average Bonchev–Trinajstić information content (AvgIpc) is 2.27. The molecule has 19 heavy (non-hydrogen) atoms. The van der Waals surface area contributed by atoms with Crippen molar-refractivity contribution in [3.8, 4) is 0 Å². The van der Waals surface area contributed by atoms with Gasteiger partial charge >= 0.3 is 12.0 Å². The molecule has 0 aromatic heterocycles. The van der Waals surface area contributed by atoms with Gasteiger partial charge in [0.15, 0.2) is 0 Å². The predicted octanol–water partition coefficient (Wildman–Crippen LogP) is 2.32. The van der Waals surface area contributed by atoms with Crippen LogP contribution in [0.1, 0.15) is 47.5 Å². The number of piperidine rings is 1. The highest BCUT2D eigenvalue weighted by Crippen LogP contribution is 2.24. The molecule has 0 aliphatic carbocycles. The molecule has 1 heterocycles. The van der Waals surface area contributed by atoms with E-state index >= 15 is 0 Å². The number of nitrogens with one attached hydrogen (secondary N) is 1. The number of hydrogen-bond donors (Lipinski definition) is 2. The van der Waals surface area contributed by atoms with Crippen molar-refractivity contribution < 1.29 is 14.7 Å². The summed E-state index contributed by atoms with van der Waals surface area (Å²) in [5.74, 6) is -0.532. The van der Waals surface area contributed by atoms with Crippen molar-refractivity contribution in [3.63, 3.8) is 0 Å². The van der Waals surface area contributed by atoms with E-state index in [-0.39, 0.29) is 12.1 Å². The second-order valence-electron chi connectivity index (χ2n) is 6.64. The molecule has 3 atom stereocenters. The number of hydrogen-bond acceptors (Lipinski definition) is 2. The Morgan fingerprint density at radius 1 is 1.32 bits per heavy atom. The van der Waals surface area contributed by atoms with Gasteiger partial charge < -0.3 is 15.3 Å². The number of aliphatic carboxylic acids is 1. The number of carboxylic acids is 1. The van der Waals surface area contributed by atoms with Crippen molar-refractivity contribution in [3.05, 3.63) is 0 Å². The molecule has 1 rings (SSSR count). The van der Waals surface area contributed by atoms with Gasteiger partial charge in [-0.3, -0.25) is 0 Å². The summed E-state index contributed by atoms with van der Waals surface area (Å²) in [4.78, 5) is 25.3. The normalized spacial score (nSPS) is 25.8. The molecule has 1 aliphatic rings. The summed E-state index contributed by atoms with van der Waals surface area (Å²) in [6.07, 6.45) is 2.10. The number of urea groups is 1. The quantitative estimate of drug-likeness (QED) is 0.809. The van der Waals surface area contributed by atoms with Crippen molar-refractivity contribution in [2.75, 3.05) is 6.54 Å². The standard InChI is InChI=1S/C14H26N2O3/c1-9-7-6-8-16(10(9)2)13(19)15-11(12(17)18)14(3,4)5/h9-11H,6-8H2,1-5H3,(H,15,19)(H,17,18)/t9?,10?,11-/m0/s1.